The minimum atomic E-state index is -0.234. The minimum absolute atomic E-state index is 0.00828. The molecule has 4 rings (SSSR count). The van der Waals surface area contributed by atoms with Crippen LogP contribution in [-0.4, -0.2) is 53.4 Å². The van der Waals surface area contributed by atoms with Crippen molar-refractivity contribution in [1.82, 2.24) is 20.0 Å². The van der Waals surface area contributed by atoms with Crippen molar-refractivity contribution < 1.29 is 9.53 Å². The molecule has 1 N–H and O–H groups in total. The van der Waals surface area contributed by atoms with Gasteiger partial charge in [-0.15, -0.1) is 0 Å². The largest absolute Gasteiger partial charge is 0.461 e. The number of hydrogen-bond acceptors (Lipinski definition) is 5. The molecule has 1 aromatic heterocycles. The van der Waals surface area contributed by atoms with Crippen LogP contribution < -0.4 is 5.32 Å². The summed E-state index contributed by atoms with van der Waals surface area (Å²) in [5, 5.41) is 7.58. The molecule has 0 radical (unpaired) electrons. The van der Waals surface area contributed by atoms with Gasteiger partial charge >= 0.3 is 5.97 Å². The molecule has 2 aliphatic heterocycles. The molecule has 2 aromatic rings. The highest BCUT2D eigenvalue weighted by atomic mass is 16.6. The topological polar surface area (TPSA) is 59.4 Å². The zero-order valence-corrected chi connectivity index (χ0v) is 15.2. The predicted octanol–water partition coefficient (Wildman–Crippen LogP) is 1.99. The average Bonchev–Trinajstić information content (AvgIpc) is 3.26. The lowest BCUT2D eigenvalue weighted by Gasteiger charge is -2.29. The van der Waals surface area contributed by atoms with Gasteiger partial charge in [-0.1, -0.05) is 12.1 Å². The van der Waals surface area contributed by atoms with E-state index >= 15 is 0 Å². The second-order valence-electron chi connectivity index (χ2n) is 7.58. The molecule has 1 spiro atoms. The van der Waals surface area contributed by atoms with Gasteiger partial charge < -0.3 is 10.1 Å². The number of rotatable bonds is 5. The average molecular weight is 354 g/mol. The Balaban J connectivity index is 1.33. The van der Waals surface area contributed by atoms with E-state index in [4.69, 9.17) is 4.74 Å². The fourth-order valence-corrected chi connectivity index (χ4v) is 4.15. The van der Waals surface area contributed by atoms with Crippen LogP contribution in [0.5, 0.6) is 0 Å². The second-order valence-corrected chi connectivity index (χ2v) is 7.58. The Morgan fingerprint density at radius 1 is 1.31 bits per heavy atom. The fourth-order valence-electron chi connectivity index (χ4n) is 4.15. The summed E-state index contributed by atoms with van der Waals surface area (Å²) in [4.78, 5) is 14.6. The van der Waals surface area contributed by atoms with Crippen molar-refractivity contribution in [2.45, 2.75) is 31.9 Å². The Morgan fingerprint density at radius 2 is 2.08 bits per heavy atom. The number of ether oxygens (including phenoxy) is 1. The van der Waals surface area contributed by atoms with Gasteiger partial charge in [0.15, 0.2) is 0 Å². The molecular weight excluding hydrogens is 328 g/mol. The zero-order valence-electron chi connectivity index (χ0n) is 15.2. The van der Waals surface area contributed by atoms with Crippen molar-refractivity contribution >= 4 is 5.97 Å². The summed E-state index contributed by atoms with van der Waals surface area (Å²) < 4.78 is 7.56. The molecule has 138 valence electrons. The molecule has 1 atom stereocenters. The molecule has 26 heavy (non-hydrogen) atoms. The maximum atomic E-state index is 12.4. The van der Waals surface area contributed by atoms with E-state index in [-0.39, 0.29) is 17.5 Å². The quantitative estimate of drug-likeness (QED) is 0.832. The highest BCUT2D eigenvalue weighted by Crippen LogP contribution is 2.41. The van der Waals surface area contributed by atoms with Crippen molar-refractivity contribution in [2.75, 3.05) is 26.7 Å². The van der Waals surface area contributed by atoms with Crippen molar-refractivity contribution in [1.29, 1.82) is 0 Å². The van der Waals surface area contributed by atoms with Gasteiger partial charge in [-0.2, -0.15) is 5.10 Å². The van der Waals surface area contributed by atoms with E-state index in [9.17, 15) is 4.79 Å². The van der Waals surface area contributed by atoms with Crippen LogP contribution in [-0.2, 0) is 16.1 Å². The fraction of sp³-hybridized carbons (Fsp3) is 0.500. The van der Waals surface area contributed by atoms with Crippen molar-refractivity contribution in [3.63, 3.8) is 0 Å². The molecule has 6 heteroatoms. The molecule has 0 aliphatic carbocycles. The van der Waals surface area contributed by atoms with E-state index in [1.54, 1.807) is 6.20 Å². The lowest BCUT2D eigenvalue weighted by atomic mass is 9.76. The van der Waals surface area contributed by atoms with E-state index < -0.39 is 0 Å². The SMILES string of the molecule is CN(Cc1ccc(-n2cccn2)cc1)CC1CC2(CCNCC2)C(=O)O1. The summed E-state index contributed by atoms with van der Waals surface area (Å²) in [6.45, 7) is 3.45. The van der Waals surface area contributed by atoms with Crippen LogP contribution in [0.2, 0.25) is 0 Å². The van der Waals surface area contributed by atoms with E-state index in [0.717, 1.165) is 51.1 Å². The summed E-state index contributed by atoms with van der Waals surface area (Å²) in [7, 11) is 2.09. The van der Waals surface area contributed by atoms with Gasteiger partial charge in [0, 0.05) is 31.9 Å². The summed E-state index contributed by atoms with van der Waals surface area (Å²) in [6, 6.07) is 10.3. The Hall–Kier alpha value is -2.18. The Labute approximate surface area is 154 Å². The minimum Gasteiger partial charge on any atom is -0.461 e. The lowest BCUT2D eigenvalue weighted by molar-refractivity contribution is -0.150. The van der Waals surface area contributed by atoms with Gasteiger partial charge in [-0.3, -0.25) is 9.69 Å². The molecule has 1 unspecified atom stereocenters. The third-order valence-corrected chi connectivity index (χ3v) is 5.56. The van der Waals surface area contributed by atoms with Gasteiger partial charge in [0.25, 0.3) is 0 Å². The maximum Gasteiger partial charge on any atom is 0.312 e. The van der Waals surface area contributed by atoms with Crippen LogP contribution in [0.15, 0.2) is 42.7 Å². The normalized spacial score (nSPS) is 22.1. The smallest absolute Gasteiger partial charge is 0.312 e. The molecule has 2 fully saturated rings. The standard InChI is InChI=1S/C20H26N4O2/c1-23(14-16-3-5-17(6-4-16)24-12-2-9-22-24)15-18-13-20(19(25)26-18)7-10-21-11-8-20/h2-6,9,12,18,21H,7-8,10-11,13-15H2,1H3. The number of hydrogen-bond donors (Lipinski definition) is 1. The number of carbonyl (C=O) groups excluding carboxylic acids is 1. The molecule has 0 saturated carbocycles. The van der Waals surface area contributed by atoms with Gasteiger partial charge in [-0.25, -0.2) is 4.68 Å². The summed E-state index contributed by atoms with van der Waals surface area (Å²) >= 11 is 0. The van der Waals surface area contributed by atoms with Gasteiger partial charge in [-0.05, 0) is 56.7 Å². The first kappa shape index (κ1) is 17.2. The van der Waals surface area contributed by atoms with Gasteiger partial charge in [0.05, 0.1) is 11.1 Å². The number of nitrogens with one attached hydrogen (secondary N) is 1. The molecule has 0 bridgehead atoms. The molecule has 2 saturated heterocycles. The molecule has 6 nitrogen and oxygen atoms in total. The monoisotopic (exact) mass is 354 g/mol. The first-order valence-corrected chi connectivity index (χ1v) is 9.34. The van der Waals surface area contributed by atoms with E-state index in [1.165, 1.54) is 5.56 Å². The molecule has 1 aromatic carbocycles. The number of benzene rings is 1. The predicted molar refractivity (Wildman–Crippen MR) is 98.9 cm³/mol. The van der Waals surface area contributed by atoms with Crippen LogP contribution in [0.25, 0.3) is 5.69 Å². The molecule has 2 aliphatic rings. The highest BCUT2D eigenvalue weighted by molar-refractivity contribution is 5.79. The first-order chi connectivity index (χ1) is 12.6. The zero-order chi connectivity index (χ0) is 18.0. The molecular formula is C20H26N4O2. The number of carbonyl (C=O) groups is 1. The van der Waals surface area contributed by atoms with Gasteiger partial charge in [0.2, 0.25) is 0 Å². The number of likely N-dealkylation sites (N-methyl/N-ethyl adjacent to an activating group) is 1. The van der Waals surface area contributed by atoms with Crippen molar-refractivity contribution in [3.8, 4) is 5.69 Å². The summed E-state index contributed by atoms with van der Waals surface area (Å²) in [5.41, 5.74) is 2.06. The number of piperidine rings is 1. The third-order valence-electron chi connectivity index (χ3n) is 5.56. The summed E-state index contributed by atoms with van der Waals surface area (Å²) in [5.74, 6) is 0.0148. The number of cyclic esters (lactones) is 1. The molecule has 0 amide bonds. The van der Waals surface area contributed by atoms with Crippen molar-refractivity contribution in [2.24, 2.45) is 5.41 Å². The first-order valence-electron chi connectivity index (χ1n) is 9.34. The Kier molecular flexibility index (Phi) is 4.78. The third kappa shape index (κ3) is 3.52. The number of esters is 1. The van der Waals surface area contributed by atoms with E-state index in [1.807, 2.05) is 16.9 Å². The van der Waals surface area contributed by atoms with Crippen LogP contribution in [0.4, 0.5) is 0 Å². The van der Waals surface area contributed by atoms with Crippen LogP contribution >= 0.6 is 0 Å². The maximum absolute atomic E-state index is 12.4. The van der Waals surface area contributed by atoms with Crippen LogP contribution in [0.3, 0.4) is 0 Å². The summed E-state index contributed by atoms with van der Waals surface area (Å²) in [6.07, 6.45) is 6.39. The Bertz CT molecular complexity index is 736. The number of nitrogens with zero attached hydrogens (tertiary/aromatic N) is 3. The van der Waals surface area contributed by atoms with E-state index in [0.29, 0.717) is 0 Å². The van der Waals surface area contributed by atoms with Gasteiger partial charge in [0.1, 0.15) is 6.10 Å². The van der Waals surface area contributed by atoms with E-state index in [2.05, 4.69) is 46.6 Å². The van der Waals surface area contributed by atoms with Crippen molar-refractivity contribution in [3.05, 3.63) is 48.3 Å². The number of aromatic nitrogens is 2. The Morgan fingerprint density at radius 3 is 2.77 bits per heavy atom. The van der Waals surface area contributed by atoms with Crippen LogP contribution in [0, 0.1) is 5.41 Å². The van der Waals surface area contributed by atoms with Crippen LogP contribution in [0.1, 0.15) is 24.8 Å². The lowest BCUT2D eigenvalue weighted by Crippen LogP contribution is -2.39. The molecule has 3 heterocycles. The second kappa shape index (κ2) is 7.21. The highest BCUT2D eigenvalue weighted by Gasteiger charge is 2.49.